The summed E-state index contributed by atoms with van der Waals surface area (Å²) in [5.41, 5.74) is 0.510. The number of hydrogen-bond donors (Lipinski definition) is 4. The summed E-state index contributed by atoms with van der Waals surface area (Å²) in [4.78, 5) is 27.0. The Hall–Kier alpha value is -2.34. The van der Waals surface area contributed by atoms with Gasteiger partial charge in [0.05, 0.1) is 12.1 Å². The van der Waals surface area contributed by atoms with Gasteiger partial charge < -0.3 is 20.7 Å². The fraction of sp³-hybridized carbons (Fsp3) is 0.444. The maximum Gasteiger partial charge on any atom is 0.268 e. The summed E-state index contributed by atoms with van der Waals surface area (Å²) in [6.07, 6.45) is 4.55. The molecule has 1 aromatic heterocycles. The average Bonchev–Trinajstić information content (AvgIpc) is 3.03. The number of carbonyl (C=O) groups is 2. The van der Waals surface area contributed by atoms with Crippen molar-refractivity contribution in [1.29, 1.82) is 0 Å². The quantitative estimate of drug-likeness (QED) is 0.672. The van der Waals surface area contributed by atoms with Crippen LogP contribution in [0.2, 0.25) is 0 Å². The monoisotopic (exact) mass is 329 g/mol. The molecule has 1 fully saturated rings. The fourth-order valence-corrected chi connectivity index (χ4v) is 3.16. The number of aromatic nitrogens is 1. The first-order valence-electron chi connectivity index (χ1n) is 8.41. The summed E-state index contributed by atoms with van der Waals surface area (Å²) in [6, 6.07) is 9.36. The Labute approximate surface area is 140 Å². The number of fused-ring (bicyclic) bond motifs is 1. The third kappa shape index (κ3) is 3.94. The number of benzene rings is 1. The summed E-state index contributed by atoms with van der Waals surface area (Å²) in [5, 5.41) is 16.6. The maximum absolute atomic E-state index is 12.1. The zero-order chi connectivity index (χ0) is 17.0. The van der Waals surface area contributed by atoms with Crippen molar-refractivity contribution < 1.29 is 14.7 Å². The zero-order valence-electron chi connectivity index (χ0n) is 13.6. The lowest BCUT2D eigenvalue weighted by molar-refractivity contribution is -0.121. The molecule has 3 rings (SSSR count). The molecule has 6 nitrogen and oxygen atoms in total. The highest BCUT2D eigenvalue weighted by Gasteiger charge is 2.29. The van der Waals surface area contributed by atoms with E-state index < -0.39 is 5.60 Å². The lowest BCUT2D eigenvalue weighted by atomic mass is 9.85. The van der Waals surface area contributed by atoms with Crippen LogP contribution in [0.4, 0.5) is 0 Å². The highest BCUT2D eigenvalue weighted by molar-refractivity contribution is 5.99. The van der Waals surface area contributed by atoms with E-state index in [4.69, 9.17) is 0 Å². The molecule has 128 valence electrons. The number of nitrogens with one attached hydrogen (secondary N) is 3. The average molecular weight is 329 g/mol. The Morgan fingerprint density at radius 2 is 1.88 bits per heavy atom. The molecular formula is C18H23N3O3. The summed E-state index contributed by atoms with van der Waals surface area (Å²) in [7, 11) is 0. The number of carbonyl (C=O) groups excluding carboxylic acids is 2. The lowest BCUT2D eigenvalue weighted by Gasteiger charge is -2.32. The Bertz CT molecular complexity index is 699. The van der Waals surface area contributed by atoms with Crippen molar-refractivity contribution in [3.63, 3.8) is 0 Å². The first-order valence-corrected chi connectivity index (χ1v) is 8.41. The molecule has 1 heterocycles. The molecule has 0 bridgehead atoms. The molecule has 2 aromatic rings. The zero-order valence-corrected chi connectivity index (χ0v) is 13.6. The van der Waals surface area contributed by atoms with Gasteiger partial charge in [0.15, 0.2) is 0 Å². The van der Waals surface area contributed by atoms with Gasteiger partial charge in [-0.05, 0) is 25.0 Å². The van der Waals surface area contributed by atoms with E-state index in [-0.39, 0.29) is 24.9 Å². The second-order valence-corrected chi connectivity index (χ2v) is 6.51. The molecule has 24 heavy (non-hydrogen) atoms. The van der Waals surface area contributed by atoms with Crippen LogP contribution in [0.3, 0.4) is 0 Å². The van der Waals surface area contributed by atoms with Crippen LogP contribution in [0.25, 0.3) is 10.9 Å². The fourth-order valence-electron chi connectivity index (χ4n) is 3.16. The first-order chi connectivity index (χ1) is 11.6. The number of rotatable bonds is 5. The van der Waals surface area contributed by atoms with Crippen LogP contribution in [0.5, 0.6) is 0 Å². The van der Waals surface area contributed by atoms with E-state index in [1.54, 1.807) is 6.07 Å². The number of hydrogen-bond acceptors (Lipinski definition) is 3. The SMILES string of the molecule is O=C(CNC(=O)c1cc2ccccc2[nH]1)NCC1(O)CCCCC1. The predicted octanol–water partition coefficient (Wildman–Crippen LogP) is 1.71. The summed E-state index contributed by atoms with van der Waals surface area (Å²) >= 11 is 0. The van der Waals surface area contributed by atoms with Gasteiger partial charge >= 0.3 is 0 Å². The van der Waals surface area contributed by atoms with Crippen LogP contribution in [0, 0.1) is 0 Å². The van der Waals surface area contributed by atoms with Gasteiger partial charge in [0.2, 0.25) is 5.91 Å². The minimum atomic E-state index is -0.797. The van der Waals surface area contributed by atoms with Crippen molar-refractivity contribution in [2.24, 2.45) is 0 Å². The van der Waals surface area contributed by atoms with Crippen molar-refractivity contribution in [2.45, 2.75) is 37.7 Å². The number of aromatic amines is 1. The van der Waals surface area contributed by atoms with Crippen LogP contribution in [0.15, 0.2) is 30.3 Å². The number of para-hydroxylation sites is 1. The van der Waals surface area contributed by atoms with E-state index >= 15 is 0 Å². The molecule has 6 heteroatoms. The van der Waals surface area contributed by atoms with Crippen LogP contribution >= 0.6 is 0 Å². The third-order valence-corrected chi connectivity index (χ3v) is 4.58. The van der Waals surface area contributed by atoms with Gasteiger partial charge in [-0.2, -0.15) is 0 Å². The molecule has 0 atom stereocenters. The van der Waals surface area contributed by atoms with Gasteiger partial charge in [-0.25, -0.2) is 0 Å². The summed E-state index contributed by atoms with van der Waals surface area (Å²) in [5.74, 6) is -0.615. The van der Waals surface area contributed by atoms with Gasteiger partial charge in [-0.15, -0.1) is 0 Å². The predicted molar refractivity (Wildman–Crippen MR) is 91.7 cm³/mol. The highest BCUT2D eigenvalue weighted by atomic mass is 16.3. The van der Waals surface area contributed by atoms with E-state index in [0.29, 0.717) is 18.5 Å². The second-order valence-electron chi connectivity index (χ2n) is 6.51. The van der Waals surface area contributed by atoms with E-state index in [2.05, 4.69) is 15.6 Å². The minimum absolute atomic E-state index is 0.107. The smallest absolute Gasteiger partial charge is 0.268 e. The van der Waals surface area contributed by atoms with Crippen LogP contribution in [0.1, 0.15) is 42.6 Å². The van der Waals surface area contributed by atoms with Crippen LogP contribution in [-0.4, -0.2) is 40.6 Å². The maximum atomic E-state index is 12.1. The van der Waals surface area contributed by atoms with Gasteiger partial charge in [-0.1, -0.05) is 37.5 Å². The van der Waals surface area contributed by atoms with E-state index in [0.717, 1.165) is 30.2 Å². The Morgan fingerprint density at radius 1 is 1.12 bits per heavy atom. The first kappa shape index (κ1) is 16.5. The minimum Gasteiger partial charge on any atom is -0.388 e. The molecule has 1 aromatic carbocycles. The molecule has 4 N–H and O–H groups in total. The second kappa shape index (κ2) is 7.05. The van der Waals surface area contributed by atoms with Crippen molar-refractivity contribution in [1.82, 2.24) is 15.6 Å². The van der Waals surface area contributed by atoms with E-state index in [9.17, 15) is 14.7 Å². The van der Waals surface area contributed by atoms with Crippen molar-refractivity contribution >= 4 is 22.7 Å². The molecular weight excluding hydrogens is 306 g/mol. The Kier molecular flexibility index (Phi) is 4.85. The Balaban J connectivity index is 1.47. The van der Waals surface area contributed by atoms with Crippen molar-refractivity contribution in [3.05, 3.63) is 36.0 Å². The number of aliphatic hydroxyl groups is 1. The van der Waals surface area contributed by atoms with Gasteiger partial charge in [0.1, 0.15) is 5.69 Å². The summed E-state index contributed by atoms with van der Waals surface area (Å²) < 4.78 is 0. The van der Waals surface area contributed by atoms with E-state index in [1.165, 1.54) is 0 Å². The number of H-pyrrole nitrogens is 1. The largest absolute Gasteiger partial charge is 0.388 e. The molecule has 0 radical (unpaired) electrons. The molecule has 0 saturated heterocycles. The van der Waals surface area contributed by atoms with Gasteiger partial charge in [0, 0.05) is 17.4 Å². The highest BCUT2D eigenvalue weighted by Crippen LogP contribution is 2.27. The van der Waals surface area contributed by atoms with Crippen molar-refractivity contribution in [3.8, 4) is 0 Å². The van der Waals surface area contributed by atoms with E-state index in [1.807, 2.05) is 24.3 Å². The third-order valence-electron chi connectivity index (χ3n) is 4.58. The molecule has 2 amide bonds. The van der Waals surface area contributed by atoms with Crippen LogP contribution < -0.4 is 10.6 Å². The molecule has 0 aliphatic heterocycles. The molecule has 1 aliphatic carbocycles. The van der Waals surface area contributed by atoms with Crippen LogP contribution in [-0.2, 0) is 4.79 Å². The number of amides is 2. The standard InChI is InChI=1S/C18H23N3O3/c22-16(20-12-18(24)8-4-1-5-9-18)11-19-17(23)15-10-13-6-2-3-7-14(13)21-15/h2-3,6-7,10,21,24H,1,4-5,8-9,11-12H2,(H,19,23)(H,20,22). The normalized spacial score (nSPS) is 16.7. The topological polar surface area (TPSA) is 94.2 Å². The molecule has 0 unspecified atom stereocenters. The molecule has 1 saturated carbocycles. The summed E-state index contributed by atoms with van der Waals surface area (Å²) in [6.45, 7) is 0.137. The Morgan fingerprint density at radius 3 is 2.62 bits per heavy atom. The molecule has 0 spiro atoms. The van der Waals surface area contributed by atoms with Crippen molar-refractivity contribution in [2.75, 3.05) is 13.1 Å². The van der Waals surface area contributed by atoms with Gasteiger partial charge in [-0.3, -0.25) is 9.59 Å². The van der Waals surface area contributed by atoms with Gasteiger partial charge in [0.25, 0.3) is 5.91 Å². The lowest BCUT2D eigenvalue weighted by Crippen LogP contribution is -2.46. The molecule has 1 aliphatic rings.